The summed E-state index contributed by atoms with van der Waals surface area (Å²) >= 11 is 0. The molecule has 0 rings (SSSR count). The third-order valence-electron chi connectivity index (χ3n) is 4.46. The quantitative estimate of drug-likeness (QED) is 0.162. The van der Waals surface area contributed by atoms with Crippen LogP contribution in [0.3, 0.4) is 0 Å². The van der Waals surface area contributed by atoms with E-state index in [2.05, 4.69) is 13.8 Å². The Balaban J connectivity index is 3.69. The van der Waals surface area contributed by atoms with E-state index < -0.39 is 8.80 Å². The van der Waals surface area contributed by atoms with Gasteiger partial charge in [0.15, 0.2) is 0 Å². The Morgan fingerprint density at radius 2 is 1.12 bits per heavy atom. The lowest BCUT2D eigenvalue weighted by molar-refractivity contribution is -0.0339. The number of unbranched alkanes of at least 4 members (excludes halogenated alkanes) is 10. The molecule has 146 valence electrons. The molecule has 0 heterocycles. The zero-order valence-corrected chi connectivity index (χ0v) is 17.7. The van der Waals surface area contributed by atoms with Crippen molar-refractivity contribution >= 4 is 8.80 Å². The maximum absolute atomic E-state index is 5.85. The van der Waals surface area contributed by atoms with Crippen LogP contribution in [0.4, 0.5) is 0 Å². The van der Waals surface area contributed by atoms with Crippen LogP contribution >= 0.6 is 0 Å². The summed E-state index contributed by atoms with van der Waals surface area (Å²) in [7, 11) is 0.867. The third-order valence-corrected chi connectivity index (χ3v) is 7.23. The van der Waals surface area contributed by atoms with Gasteiger partial charge in [0.05, 0.1) is 0 Å². The summed E-state index contributed by atoms with van der Waals surface area (Å²) in [6, 6.07) is 0.883. The molecule has 0 aliphatic rings. The van der Waals surface area contributed by atoms with E-state index >= 15 is 0 Å². The second-order valence-electron chi connectivity index (χ2n) is 6.55. The summed E-state index contributed by atoms with van der Waals surface area (Å²) in [6.07, 6.45) is 15.4. The number of ether oxygens (including phenoxy) is 1. The first-order valence-electron chi connectivity index (χ1n) is 10.1. The van der Waals surface area contributed by atoms with E-state index in [9.17, 15) is 0 Å². The lowest BCUT2D eigenvalue weighted by Crippen LogP contribution is -2.44. The molecule has 24 heavy (non-hydrogen) atoms. The van der Waals surface area contributed by atoms with Gasteiger partial charge in [-0.25, -0.2) is 0 Å². The van der Waals surface area contributed by atoms with Crippen LogP contribution in [0.2, 0.25) is 6.04 Å². The molecule has 0 aliphatic heterocycles. The molecule has 0 aromatic rings. The van der Waals surface area contributed by atoms with Gasteiger partial charge in [0, 0.05) is 26.9 Å². The predicted octanol–water partition coefficient (Wildman–Crippen LogP) is 5.93. The van der Waals surface area contributed by atoms with Crippen molar-refractivity contribution in [3.05, 3.63) is 0 Å². The molecule has 0 atom stereocenters. The largest absolute Gasteiger partial charge is 0.502 e. The Labute approximate surface area is 152 Å². The van der Waals surface area contributed by atoms with Crippen molar-refractivity contribution in [3.8, 4) is 0 Å². The van der Waals surface area contributed by atoms with Gasteiger partial charge in [-0.3, -0.25) is 0 Å². The molecule has 0 unspecified atom stereocenters. The van der Waals surface area contributed by atoms with Crippen LogP contribution in [0, 0.1) is 0 Å². The lowest BCUT2D eigenvalue weighted by Gasteiger charge is -2.26. The topological polar surface area (TPSA) is 36.9 Å². The van der Waals surface area contributed by atoms with E-state index in [1.165, 1.54) is 64.2 Å². The Morgan fingerprint density at radius 3 is 1.67 bits per heavy atom. The van der Waals surface area contributed by atoms with E-state index in [-0.39, 0.29) is 6.79 Å². The van der Waals surface area contributed by atoms with Crippen LogP contribution in [0.5, 0.6) is 0 Å². The summed E-state index contributed by atoms with van der Waals surface area (Å²) < 4.78 is 22.6. The number of rotatable bonds is 19. The van der Waals surface area contributed by atoms with Crippen molar-refractivity contribution in [3.63, 3.8) is 0 Å². The van der Waals surface area contributed by atoms with Crippen molar-refractivity contribution in [1.29, 1.82) is 0 Å². The summed E-state index contributed by atoms with van der Waals surface area (Å²) in [5.74, 6) is 0. The third kappa shape index (κ3) is 13.4. The van der Waals surface area contributed by atoms with Crippen molar-refractivity contribution in [2.45, 2.75) is 96.9 Å². The highest BCUT2D eigenvalue weighted by atomic mass is 28.4. The van der Waals surface area contributed by atoms with Gasteiger partial charge in [-0.15, -0.1) is 0 Å². The average molecular weight is 363 g/mol. The van der Waals surface area contributed by atoms with Crippen LogP contribution < -0.4 is 0 Å². The molecule has 4 nitrogen and oxygen atoms in total. The molecule has 0 saturated heterocycles. The van der Waals surface area contributed by atoms with Crippen molar-refractivity contribution in [2.24, 2.45) is 0 Å². The van der Waals surface area contributed by atoms with Gasteiger partial charge in [-0.1, -0.05) is 78.1 Å². The fraction of sp³-hybridized carbons (Fsp3) is 1.00. The second-order valence-corrected chi connectivity index (χ2v) is 9.52. The molecule has 0 aliphatic carbocycles. The maximum Gasteiger partial charge on any atom is 0.502 e. The van der Waals surface area contributed by atoms with Crippen molar-refractivity contribution in [1.82, 2.24) is 0 Å². The van der Waals surface area contributed by atoms with E-state index in [1.54, 1.807) is 14.2 Å². The van der Waals surface area contributed by atoms with Crippen LogP contribution in [-0.4, -0.2) is 36.4 Å². The molecule has 0 aromatic carbocycles. The van der Waals surface area contributed by atoms with E-state index in [1.807, 2.05) is 0 Å². The first-order chi connectivity index (χ1) is 11.7. The molecule has 0 N–H and O–H groups in total. The van der Waals surface area contributed by atoms with Crippen LogP contribution in [0.25, 0.3) is 0 Å². The van der Waals surface area contributed by atoms with Crippen LogP contribution in [-0.2, 0) is 18.0 Å². The number of hydrogen-bond donors (Lipinski definition) is 0. The van der Waals surface area contributed by atoms with Gasteiger partial charge in [0.25, 0.3) is 0 Å². The number of hydrogen-bond acceptors (Lipinski definition) is 4. The van der Waals surface area contributed by atoms with E-state index in [4.69, 9.17) is 18.0 Å². The van der Waals surface area contributed by atoms with Gasteiger partial charge in [0.2, 0.25) is 0 Å². The normalized spacial score (nSPS) is 12.0. The van der Waals surface area contributed by atoms with Gasteiger partial charge in [0.1, 0.15) is 6.79 Å². The first kappa shape index (κ1) is 24.1. The smallest absolute Gasteiger partial charge is 0.377 e. The highest BCUT2D eigenvalue weighted by Gasteiger charge is 2.38. The summed E-state index contributed by atoms with van der Waals surface area (Å²) in [5, 5.41) is 0. The average Bonchev–Trinajstić information content (AvgIpc) is 2.61. The molecule has 0 aromatic heterocycles. The maximum atomic E-state index is 5.85. The minimum atomic E-state index is -2.52. The highest BCUT2D eigenvalue weighted by Crippen LogP contribution is 2.19. The van der Waals surface area contributed by atoms with Crippen LogP contribution in [0.1, 0.15) is 90.9 Å². The fourth-order valence-corrected chi connectivity index (χ4v) is 4.67. The van der Waals surface area contributed by atoms with Crippen LogP contribution in [0.15, 0.2) is 0 Å². The fourth-order valence-electron chi connectivity index (χ4n) is 2.77. The van der Waals surface area contributed by atoms with Gasteiger partial charge in [-0.2, -0.15) is 0 Å². The molecule has 0 amide bonds. The van der Waals surface area contributed by atoms with Gasteiger partial charge in [-0.05, 0) is 12.8 Å². The Hall–Kier alpha value is 0.0569. The molecule has 0 spiro atoms. The first-order valence-corrected chi connectivity index (χ1v) is 12.0. The molecular formula is C19H42O4Si. The van der Waals surface area contributed by atoms with E-state index in [0.29, 0.717) is 0 Å². The molecule has 0 fully saturated rings. The minimum absolute atomic E-state index is 0.287. The molecule has 0 radical (unpaired) electrons. The van der Waals surface area contributed by atoms with Crippen molar-refractivity contribution < 1.29 is 18.0 Å². The van der Waals surface area contributed by atoms with Crippen molar-refractivity contribution in [2.75, 3.05) is 27.6 Å². The predicted molar refractivity (Wildman–Crippen MR) is 103 cm³/mol. The Kier molecular flexibility index (Phi) is 17.9. The van der Waals surface area contributed by atoms with Gasteiger partial charge >= 0.3 is 8.80 Å². The summed E-state index contributed by atoms with van der Waals surface area (Å²) in [5.41, 5.74) is 0. The molecule has 5 heteroatoms. The molecule has 0 bridgehead atoms. The minimum Gasteiger partial charge on any atom is -0.377 e. The zero-order valence-electron chi connectivity index (χ0n) is 16.7. The Morgan fingerprint density at radius 1 is 0.625 bits per heavy atom. The lowest BCUT2D eigenvalue weighted by atomic mass is 10.1. The molecule has 0 saturated carbocycles. The van der Waals surface area contributed by atoms with E-state index in [0.717, 1.165) is 25.5 Å². The monoisotopic (exact) mass is 362 g/mol. The highest BCUT2D eigenvalue weighted by molar-refractivity contribution is 6.60. The zero-order chi connectivity index (χ0) is 17.9. The van der Waals surface area contributed by atoms with Gasteiger partial charge < -0.3 is 18.0 Å². The second kappa shape index (κ2) is 17.9. The Bertz CT molecular complexity index is 248. The standard InChI is InChI=1S/C19H42O4Si/c1-5-7-9-10-11-12-13-14-16-18-24(20-3,21-4)23-19-22-17-15-8-6-2/h5-19H2,1-4H3. The molecular weight excluding hydrogens is 320 g/mol. The summed E-state index contributed by atoms with van der Waals surface area (Å²) in [4.78, 5) is 0. The SMILES string of the molecule is CCCCCCCCCCC[Si](OC)(OC)OCOCCCCC. The summed E-state index contributed by atoms with van der Waals surface area (Å²) in [6.45, 7) is 5.49.